The van der Waals surface area contributed by atoms with Gasteiger partial charge in [-0.15, -0.1) is 0 Å². The standard InChI is InChI=1S/C81H158O17P2/c1-9-74(8)60-52-44-36-28-22-16-10-11-17-24-30-38-47-55-63-81(86)98-77(68-92-79(84)62-54-46-40-32-35-43-51-59-73(6)7)70-96-100(89,90)94-66-75(82)65-93-99(87,88)95-69-76(97-80(85)64-56-48-39-31-25-19-13-15-21-27-34-42-50-58-72(4)5)67-91-78(83)61-53-45-37-29-23-18-12-14-20-26-33-41-49-57-71(2)3/h71-77,82H,9-70H2,1-8H3,(H,87,88)(H,89,90)/t74?,75?,76-,77-/m1/s1. The van der Waals surface area contributed by atoms with Gasteiger partial charge in [0.2, 0.25) is 0 Å². The van der Waals surface area contributed by atoms with E-state index in [1.54, 1.807) is 0 Å². The number of aliphatic hydroxyl groups is 1. The Labute approximate surface area is 613 Å². The van der Waals surface area contributed by atoms with Crippen molar-refractivity contribution >= 4 is 39.5 Å². The maximum Gasteiger partial charge on any atom is 0.472 e. The fourth-order valence-electron chi connectivity index (χ4n) is 12.4. The molecule has 0 bridgehead atoms. The number of ether oxygens (including phenoxy) is 4. The summed E-state index contributed by atoms with van der Waals surface area (Å²) in [6, 6.07) is 0. The number of carbonyl (C=O) groups excluding carboxylic acids is 4. The zero-order chi connectivity index (χ0) is 73.8. The Kier molecular flexibility index (Phi) is 68.7. The van der Waals surface area contributed by atoms with E-state index in [1.807, 2.05) is 0 Å². The number of hydrogen-bond acceptors (Lipinski definition) is 15. The molecule has 0 fully saturated rings. The lowest BCUT2D eigenvalue weighted by atomic mass is 9.99. The molecule has 3 N–H and O–H groups in total. The van der Waals surface area contributed by atoms with E-state index in [1.165, 1.54) is 212 Å². The van der Waals surface area contributed by atoms with Crippen LogP contribution in [0.15, 0.2) is 0 Å². The molecule has 6 atom stereocenters. The zero-order valence-electron chi connectivity index (χ0n) is 65.8. The minimum absolute atomic E-state index is 0.107. The maximum absolute atomic E-state index is 13.1. The molecule has 0 aromatic carbocycles. The second kappa shape index (κ2) is 70.1. The Balaban J connectivity index is 5.25. The van der Waals surface area contributed by atoms with Gasteiger partial charge in [-0.05, 0) is 49.4 Å². The number of unbranched alkanes of at least 4 members (excludes halogenated alkanes) is 43. The van der Waals surface area contributed by atoms with Gasteiger partial charge < -0.3 is 33.8 Å². The number of aliphatic hydroxyl groups excluding tert-OH is 1. The first-order chi connectivity index (χ1) is 48.1. The molecular formula is C81H158O17P2. The minimum Gasteiger partial charge on any atom is -0.462 e. The Hall–Kier alpha value is -1.94. The van der Waals surface area contributed by atoms with Gasteiger partial charge in [0.25, 0.3) is 0 Å². The molecule has 0 aromatic rings. The third-order valence-corrected chi connectivity index (χ3v) is 21.1. The average molecular weight is 1470 g/mol. The Bertz CT molecular complexity index is 1960. The Morgan fingerprint density at radius 3 is 0.710 bits per heavy atom. The Morgan fingerprint density at radius 1 is 0.280 bits per heavy atom. The van der Waals surface area contributed by atoms with Gasteiger partial charge in [-0.3, -0.25) is 37.3 Å². The predicted molar refractivity (Wildman–Crippen MR) is 409 cm³/mol. The molecule has 100 heavy (non-hydrogen) atoms. The van der Waals surface area contributed by atoms with Crippen LogP contribution < -0.4 is 0 Å². The summed E-state index contributed by atoms with van der Waals surface area (Å²) in [5, 5.41) is 10.6. The maximum atomic E-state index is 13.1. The van der Waals surface area contributed by atoms with E-state index >= 15 is 0 Å². The van der Waals surface area contributed by atoms with Crippen LogP contribution in [0.25, 0.3) is 0 Å². The lowest BCUT2D eigenvalue weighted by molar-refractivity contribution is -0.161. The van der Waals surface area contributed by atoms with Crippen molar-refractivity contribution in [3.8, 4) is 0 Å². The quantitative estimate of drug-likeness (QED) is 0.0222. The molecule has 0 aliphatic heterocycles. The third kappa shape index (κ3) is 73.0. The molecular weight excluding hydrogens is 1310 g/mol. The van der Waals surface area contributed by atoms with E-state index in [2.05, 4.69) is 55.4 Å². The molecule has 0 saturated carbocycles. The van der Waals surface area contributed by atoms with Crippen molar-refractivity contribution in [1.82, 2.24) is 0 Å². The predicted octanol–water partition coefficient (Wildman–Crippen LogP) is 24.0. The van der Waals surface area contributed by atoms with E-state index in [-0.39, 0.29) is 25.7 Å². The summed E-state index contributed by atoms with van der Waals surface area (Å²) in [7, 11) is -9.92. The van der Waals surface area contributed by atoms with Crippen LogP contribution in [-0.2, 0) is 65.4 Å². The molecule has 0 radical (unpaired) electrons. The van der Waals surface area contributed by atoms with Crippen molar-refractivity contribution in [1.29, 1.82) is 0 Å². The molecule has 0 aliphatic carbocycles. The van der Waals surface area contributed by atoms with Crippen molar-refractivity contribution in [2.75, 3.05) is 39.6 Å². The number of rotatable bonds is 78. The van der Waals surface area contributed by atoms with Crippen LogP contribution >= 0.6 is 15.6 Å². The van der Waals surface area contributed by atoms with Gasteiger partial charge in [0.15, 0.2) is 12.2 Å². The number of carbonyl (C=O) groups is 4. The summed E-state index contributed by atoms with van der Waals surface area (Å²) < 4.78 is 68.7. The fourth-order valence-corrected chi connectivity index (χ4v) is 14.0. The average Bonchev–Trinajstić information content (AvgIpc) is 0.920. The number of phosphoric ester groups is 2. The summed E-state index contributed by atoms with van der Waals surface area (Å²) in [5.74, 6) is 1.01. The molecule has 0 heterocycles. The molecule has 0 saturated heterocycles. The smallest absolute Gasteiger partial charge is 0.462 e. The van der Waals surface area contributed by atoms with Crippen molar-refractivity contribution in [3.05, 3.63) is 0 Å². The summed E-state index contributed by atoms with van der Waals surface area (Å²) in [4.78, 5) is 73.0. The highest BCUT2D eigenvalue weighted by atomic mass is 31.2. The van der Waals surface area contributed by atoms with E-state index in [0.717, 1.165) is 114 Å². The summed E-state index contributed by atoms with van der Waals surface area (Å²) in [5.41, 5.74) is 0. The lowest BCUT2D eigenvalue weighted by Crippen LogP contribution is -2.30. The monoisotopic (exact) mass is 1470 g/mol. The molecule has 0 aromatic heterocycles. The van der Waals surface area contributed by atoms with Crippen molar-refractivity contribution in [2.24, 2.45) is 23.7 Å². The number of hydrogen-bond donors (Lipinski definition) is 3. The molecule has 594 valence electrons. The first-order valence-electron chi connectivity index (χ1n) is 41.7. The highest BCUT2D eigenvalue weighted by Gasteiger charge is 2.30. The van der Waals surface area contributed by atoms with Gasteiger partial charge in [0.1, 0.15) is 19.3 Å². The molecule has 0 amide bonds. The summed E-state index contributed by atoms with van der Waals surface area (Å²) in [6.45, 7) is 14.3. The van der Waals surface area contributed by atoms with Crippen LogP contribution in [0.5, 0.6) is 0 Å². The van der Waals surface area contributed by atoms with E-state index < -0.39 is 97.5 Å². The SMILES string of the molecule is CCC(C)CCCCCCCCCCCCCCCCC(=O)O[C@H](COC(=O)CCCCCCCCCC(C)C)COP(=O)(O)OCC(O)COP(=O)(O)OC[C@@H](COC(=O)CCCCCCCCCCCCCCCC(C)C)OC(=O)CCCCCCCCCCCCCCCC(C)C. The Morgan fingerprint density at radius 2 is 0.480 bits per heavy atom. The van der Waals surface area contributed by atoms with Gasteiger partial charge in [-0.2, -0.15) is 0 Å². The van der Waals surface area contributed by atoms with Crippen molar-refractivity contribution < 1.29 is 80.2 Å². The second-order valence-electron chi connectivity index (χ2n) is 30.8. The molecule has 19 heteroatoms. The second-order valence-corrected chi connectivity index (χ2v) is 33.7. The topological polar surface area (TPSA) is 237 Å². The first kappa shape index (κ1) is 98.1. The number of phosphoric acid groups is 2. The summed E-state index contributed by atoms with van der Waals surface area (Å²) in [6.07, 6.45) is 56.8. The fraction of sp³-hybridized carbons (Fsp3) is 0.951. The van der Waals surface area contributed by atoms with Gasteiger partial charge in [0, 0.05) is 25.7 Å². The van der Waals surface area contributed by atoms with Gasteiger partial charge in [0.05, 0.1) is 26.4 Å². The van der Waals surface area contributed by atoms with Crippen LogP contribution in [0.1, 0.15) is 415 Å². The minimum atomic E-state index is -4.96. The normalized spacial score (nSPS) is 14.3. The zero-order valence-corrected chi connectivity index (χ0v) is 67.6. The molecule has 0 aliphatic rings. The number of esters is 4. The molecule has 4 unspecified atom stereocenters. The van der Waals surface area contributed by atoms with Crippen LogP contribution in [0.3, 0.4) is 0 Å². The van der Waals surface area contributed by atoms with Gasteiger partial charge in [-0.25, -0.2) is 9.13 Å². The first-order valence-corrected chi connectivity index (χ1v) is 44.7. The van der Waals surface area contributed by atoms with Crippen LogP contribution in [0.2, 0.25) is 0 Å². The van der Waals surface area contributed by atoms with Gasteiger partial charge >= 0.3 is 39.5 Å². The van der Waals surface area contributed by atoms with Crippen molar-refractivity contribution in [2.45, 2.75) is 433 Å². The van der Waals surface area contributed by atoms with Crippen molar-refractivity contribution in [3.63, 3.8) is 0 Å². The van der Waals surface area contributed by atoms with Crippen LogP contribution in [-0.4, -0.2) is 96.7 Å². The van der Waals surface area contributed by atoms with E-state index in [0.29, 0.717) is 31.6 Å². The third-order valence-electron chi connectivity index (χ3n) is 19.2. The van der Waals surface area contributed by atoms with Gasteiger partial charge in [-0.1, -0.05) is 364 Å². The lowest BCUT2D eigenvalue weighted by Gasteiger charge is -2.21. The van der Waals surface area contributed by atoms with E-state index in [4.69, 9.17) is 37.0 Å². The molecule has 0 spiro atoms. The van der Waals surface area contributed by atoms with Crippen LogP contribution in [0.4, 0.5) is 0 Å². The highest BCUT2D eigenvalue weighted by molar-refractivity contribution is 7.47. The van der Waals surface area contributed by atoms with E-state index in [9.17, 15) is 43.2 Å². The molecule has 17 nitrogen and oxygen atoms in total. The van der Waals surface area contributed by atoms with Crippen LogP contribution in [0, 0.1) is 23.7 Å². The highest BCUT2D eigenvalue weighted by Crippen LogP contribution is 2.45. The largest absolute Gasteiger partial charge is 0.472 e. The molecule has 0 rings (SSSR count). The summed E-state index contributed by atoms with van der Waals surface area (Å²) >= 11 is 0.